The molecule has 0 atom stereocenters. The molecule has 62 valence electrons. The van der Waals surface area contributed by atoms with Crippen LogP contribution in [0.4, 0.5) is 4.39 Å². The minimum atomic E-state index is -0.211. The van der Waals surface area contributed by atoms with Gasteiger partial charge in [-0.05, 0) is 18.4 Å². The van der Waals surface area contributed by atoms with Crippen molar-refractivity contribution in [3.05, 3.63) is 24.1 Å². The number of fused-ring (bicyclic) bond motifs is 1. The molecule has 0 saturated heterocycles. The number of rotatable bonds is 1. The molecule has 1 aromatic carbocycles. The van der Waals surface area contributed by atoms with Crippen molar-refractivity contribution in [1.82, 2.24) is 10.2 Å². The van der Waals surface area contributed by atoms with Crippen LogP contribution < -0.4 is 0 Å². The molecule has 0 saturated carbocycles. The van der Waals surface area contributed by atoms with Gasteiger partial charge in [0.25, 0.3) is 0 Å². The number of nitrogens with one attached hydrogen (secondary N) is 1. The number of aromatic amines is 1. The Morgan fingerprint density at radius 1 is 1.50 bits per heavy atom. The predicted molar refractivity (Wildman–Crippen MR) is 47.8 cm³/mol. The quantitative estimate of drug-likeness (QED) is 0.686. The molecule has 0 aliphatic carbocycles. The number of aromatic nitrogens is 2. The van der Waals surface area contributed by atoms with E-state index in [4.69, 9.17) is 0 Å². The second-order valence-corrected chi connectivity index (χ2v) is 3.26. The second-order valence-electron chi connectivity index (χ2n) is 2.42. The van der Waals surface area contributed by atoms with Gasteiger partial charge in [-0.1, -0.05) is 0 Å². The van der Waals surface area contributed by atoms with Crippen LogP contribution in [0.25, 0.3) is 10.9 Å². The number of hydrogen-bond donors (Lipinski definition) is 1. The molecule has 0 radical (unpaired) electrons. The lowest BCUT2D eigenvalue weighted by Crippen LogP contribution is -1.82. The topological polar surface area (TPSA) is 28.7 Å². The molecule has 0 unspecified atom stereocenters. The van der Waals surface area contributed by atoms with E-state index in [1.54, 1.807) is 12.3 Å². The Balaban J connectivity index is 2.78. The van der Waals surface area contributed by atoms with Crippen LogP contribution in [0.2, 0.25) is 0 Å². The van der Waals surface area contributed by atoms with Gasteiger partial charge in [-0.2, -0.15) is 5.10 Å². The third-order valence-electron chi connectivity index (χ3n) is 1.74. The standard InChI is InChI=1S/C8H7FN2S/c1-12-6-3-2-5-4-10-11-8(5)7(6)9/h2-4H,1H3,(H,10,11). The average molecular weight is 182 g/mol. The second kappa shape index (κ2) is 2.79. The monoisotopic (exact) mass is 182 g/mol. The van der Waals surface area contributed by atoms with Crippen LogP contribution in [0, 0.1) is 5.82 Å². The smallest absolute Gasteiger partial charge is 0.162 e. The average Bonchev–Trinajstić information content (AvgIpc) is 2.53. The van der Waals surface area contributed by atoms with E-state index in [1.807, 2.05) is 12.3 Å². The molecular weight excluding hydrogens is 175 g/mol. The van der Waals surface area contributed by atoms with Crippen LogP contribution in [-0.4, -0.2) is 16.5 Å². The van der Waals surface area contributed by atoms with Crippen LogP contribution in [0.1, 0.15) is 0 Å². The summed E-state index contributed by atoms with van der Waals surface area (Å²) in [4.78, 5) is 0.645. The minimum Gasteiger partial charge on any atom is -0.275 e. The van der Waals surface area contributed by atoms with E-state index in [0.29, 0.717) is 10.4 Å². The first-order valence-electron chi connectivity index (χ1n) is 3.48. The lowest BCUT2D eigenvalue weighted by atomic mass is 10.2. The number of thioether (sulfide) groups is 1. The van der Waals surface area contributed by atoms with Crippen molar-refractivity contribution < 1.29 is 4.39 Å². The van der Waals surface area contributed by atoms with Gasteiger partial charge < -0.3 is 0 Å². The molecule has 4 heteroatoms. The van der Waals surface area contributed by atoms with Gasteiger partial charge in [0.05, 0.1) is 6.20 Å². The number of hydrogen-bond acceptors (Lipinski definition) is 2. The zero-order valence-corrected chi connectivity index (χ0v) is 7.28. The van der Waals surface area contributed by atoms with Crippen molar-refractivity contribution in [3.8, 4) is 0 Å². The lowest BCUT2D eigenvalue weighted by molar-refractivity contribution is 0.611. The molecule has 1 heterocycles. The Morgan fingerprint density at radius 3 is 3.08 bits per heavy atom. The van der Waals surface area contributed by atoms with E-state index < -0.39 is 0 Å². The summed E-state index contributed by atoms with van der Waals surface area (Å²) >= 11 is 1.39. The highest BCUT2D eigenvalue weighted by atomic mass is 32.2. The highest BCUT2D eigenvalue weighted by molar-refractivity contribution is 7.98. The van der Waals surface area contributed by atoms with Gasteiger partial charge in [0.1, 0.15) is 5.52 Å². The first-order valence-corrected chi connectivity index (χ1v) is 4.71. The van der Waals surface area contributed by atoms with Crippen LogP contribution in [0.5, 0.6) is 0 Å². The van der Waals surface area contributed by atoms with Crippen LogP contribution in [0.3, 0.4) is 0 Å². The largest absolute Gasteiger partial charge is 0.275 e. The van der Waals surface area contributed by atoms with E-state index in [1.165, 1.54) is 11.8 Å². The molecule has 0 amide bonds. The van der Waals surface area contributed by atoms with Gasteiger partial charge >= 0.3 is 0 Å². The van der Waals surface area contributed by atoms with Gasteiger partial charge in [0.15, 0.2) is 5.82 Å². The molecular formula is C8H7FN2S. The van der Waals surface area contributed by atoms with Crippen molar-refractivity contribution in [1.29, 1.82) is 0 Å². The maximum absolute atomic E-state index is 13.4. The Hall–Kier alpha value is -1.03. The summed E-state index contributed by atoms with van der Waals surface area (Å²) in [6, 6.07) is 3.62. The first-order chi connectivity index (χ1) is 5.83. The summed E-state index contributed by atoms with van der Waals surface area (Å²) in [6.45, 7) is 0. The Kier molecular flexibility index (Phi) is 1.77. The summed E-state index contributed by atoms with van der Waals surface area (Å²) in [5.74, 6) is -0.211. The summed E-state index contributed by atoms with van der Waals surface area (Å²) in [6.07, 6.45) is 3.46. The third kappa shape index (κ3) is 0.992. The molecule has 1 aromatic heterocycles. The molecule has 12 heavy (non-hydrogen) atoms. The van der Waals surface area contributed by atoms with E-state index in [-0.39, 0.29) is 5.82 Å². The van der Waals surface area contributed by atoms with Crippen molar-refractivity contribution in [2.24, 2.45) is 0 Å². The maximum atomic E-state index is 13.4. The minimum absolute atomic E-state index is 0.211. The predicted octanol–water partition coefficient (Wildman–Crippen LogP) is 2.42. The molecule has 0 aliphatic rings. The summed E-state index contributed by atoms with van der Waals surface area (Å²) in [5, 5.41) is 7.20. The number of halogens is 1. The van der Waals surface area contributed by atoms with Crippen LogP contribution >= 0.6 is 11.8 Å². The molecule has 2 nitrogen and oxygen atoms in total. The number of nitrogens with zero attached hydrogens (tertiary/aromatic N) is 1. The molecule has 0 fully saturated rings. The van der Waals surface area contributed by atoms with E-state index in [9.17, 15) is 4.39 Å². The summed E-state index contributed by atoms with van der Waals surface area (Å²) < 4.78 is 13.4. The molecule has 0 spiro atoms. The van der Waals surface area contributed by atoms with E-state index >= 15 is 0 Å². The van der Waals surface area contributed by atoms with Gasteiger partial charge in [-0.25, -0.2) is 4.39 Å². The first kappa shape index (κ1) is 7.61. The molecule has 0 bridgehead atoms. The van der Waals surface area contributed by atoms with E-state index in [0.717, 1.165) is 5.39 Å². The summed E-state index contributed by atoms with van der Waals surface area (Å²) in [5.41, 5.74) is 0.488. The van der Waals surface area contributed by atoms with Crippen molar-refractivity contribution in [3.63, 3.8) is 0 Å². The Morgan fingerprint density at radius 2 is 2.33 bits per heavy atom. The molecule has 1 N–H and O–H groups in total. The molecule has 2 aromatic rings. The fraction of sp³-hybridized carbons (Fsp3) is 0.125. The number of benzene rings is 1. The molecule has 2 rings (SSSR count). The van der Waals surface area contributed by atoms with E-state index in [2.05, 4.69) is 10.2 Å². The fourth-order valence-electron chi connectivity index (χ4n) is 1.12. The van der Waals surface area contributed by atoms with Crippen molar-refractivity contribution in [2.45, 2.75) is 4.90 Å². The highest BCUT2D eigenvalue weighted by Crippen LogP contribution is 2.24. The Bertz CT molecular complexity index is 410. The summed E-state index contributed by atoms with van der Waals surface area (Å²) in [7, 11) is 0. The van der Waals surface area contributed by atoms with Gasteiger partial charge in [0, 0.05) is 10.3 Å². The van der Waals surface area contributed by atoms with Gasteiger partial charge in [0.2, 0.25) is 0 Å². The number of H-pyrrole nitrogens is 1. The lowest BCUT2D eigenvalue weighted by Gasteiger charge is -1.98. The Labute approximate surface area is 73.2 Å². The fourth-order valence-corrected chi connectivity index (χ4v) is 1.60. The SMILES string of the molecule is CSc1ccc2cn[nH]c2c1F. The zero-order valence-electron chi connectivity index (χ0n) is 6.47. The van der Waals surface area contributed by atoms with Gasteiger partial charge in [-0.15, -0.1) is 11.8 Å². The van der Waals surface area contributed by atoms with Gasteiger partial charge in [-0.3, -0.25) is 5.10 Å². The highest BCUT2D eigenvalue weighted by Gasteiger charge is 2.06. The molecule has 0 aliphatic heterocycles. The normalized spacial score (nSPS) is 10.8. The van der Waals surface area contributed by atoms with Crippen molar-refractivity contribution in [2.75, 3.05) is 6.26 Å². The third-order valence-corrected chi connectivity index (χ3v) is 2.49. The maximum Gasteiger partial charge on any atom is 0.162 e. The van der Waals surface area contributed by atoms with Crippen LogP contribution in [0.15, 0.2) is 23.2 Å². The zero-order chi connectivity index (χ0) is 8.55. The van der Waals surface area contributed by atoms with Crippen molar-refractivity contribution >= 4 is 22.7 Å². The van der Waals surface area contributed by atoms with Crippen LogP contribution in [-0.2, 0) is 0 Å².